The van der Waals surface area contributed by atoms with E-state index >= 15 is 0 Å². The number of rotatable bonds is 3. The second-order valence-corrected chi connectivity index (χ2v) is 4.98. The molecule has 0 aromatic heterocycles. The van der Waals surface area contributed by atoms with E-state index in [2.05, 4.69) is 0 Å². The van der Waals surface area contributed by atoms with Crippen molar-refractivity contribution in [3.05, 3.63) is 46.7 Å². The van der Waals surface area contributed by atoms with Gasteiger partial charge in [-0.15, -0.1) is 0 Å². The Labute approximate surface area is 120 Å². The number of halogens is 1. The Kier molecular flexibility index (Phi) is 3.36. The van der Waals surface area contributed by atoms with Crippen molar-refractivity contribution < 1.29 is 19.1 Å². The van der Waals surface area contributed by atoms with Crippen molar-refractivity contribution in [3.8, 4) is 0 Å². The second-order valence-electron chi connectivity index (χ2n) is 4.60. The highest BCUT2D eigenvalue weighted by Crippen LogP contribution is 2.33. The van der Waals surface area contributed by atoms with Crippen molar-refractivity contribution in [2.45, 2.75) is 19.3 Å². The van der Waals surface area contributed by atoms with E-state index in [9.17, 15) is 9.59 Å². The maximum atomic E-state index is 11.8. The average Bonchev–Trinajstić information content (AvgIpc) is 2.82. The van der Waals surface area contributed by atoms with Gasteiger partial charge in [-0.05, 0) is 5.56 Å². The molecule has 2 fully saturated rings. The number of carbonyl (C=O) groups excluding carboxylic acids is 2. The van der Waals surface area contributed by atoms with Crippen LogP contribution in [-0.2, 0) is 25.7 Å². The van der Waals surface area contributed by atoms with Gasteiger partial charge >= 0.3 is 5.97 Å². The standard InChI is InChI=1S/C14H12ClNO4/c15-13(10-7-16-11(17)6-12(16)20-10)14(18)19-8-9-4-2-1-3-5-9/h1-5,12H,6-8H2/b13-10+. The van der Waals surface area contributed by atoms with Gasteiger partial charge < -0.3 is 9.47 Å². The minimum absolute atomic E-state index is 0.00659. The number of ether oxygens (including phenoxy) is 2. The first kappa shape index (κ1) is 13.0. The van der Waals surface area contributed by atoms with Gasteiger partial charge in [-0.3, -0.25) is 9.69 Å². The largest absolute Gasteiger partial charge is 0.470 e. The second kappa shape index (κ2) is 5.17. The quantitative estimate of drug-likeness (QED) is 0.484. The van der Waals surface area contributed by atoms with Gasteiger partial charge in [0.05, 0.1) is 13.0 Å². The van der Waals surface area contributed by atoms with Crippen molar-refractivity contribution in [2.24, 2.45) is 0 Å². The van der Waals surface area contributed by atoms with E-state index in [0.29, 0.717) is 12.2 Å². The van der Waals surface area contributed by atoms with Gasteiger partial charge in [0.1, 0.15) is 12.4 Å². The number of nitrogens with zero attached hydrogens (tertiary/aromatic N) is 1. The Morgan fingerprint density at radius 2 is 2.15 bits per heavy atom. The summed E-state index contributed by atoms with van der Waals surface area (Å²) >= 11 is 5.95. The predicted octanol–water partition coefficient (Wildman–Crippen LogP) is 1.77. The van der Waals surface area contributed by atoms with Crippen LogP contribution in [0.25, 0.3) is 0 Å². The zero-order valence-corrected chi connectivity index (χ0v) is 11.3. The molecule has 104 valence electrons. The van der Waals surface area contributed by atoms with E-state index in [-0.39, 0.29) is 30.3 Å². The molecule has 2 aliphatic heterocycles. The van der Waals surface area contributed by atoms with Crippen LogP contribution >= 0.6 is 11.6 Å². The molecule has 6 heteroatoms. The monoisotopic (exact) mass is 293 g/mol. The SMILES string of the molecule is O=C(OCc1ccccc1)/C(Cl)=C1/CN2C(=O)CC2O1. The van der Waals surface area contributed by atoms with Crippen LogP contribution in [0.4, 0.5) is 0 Å². The number of fused-ring (bicyclic) bond motifs is 1. The Morgan fingerprint density at radius 1 is 1.40 bits per heavy atom. The maximum Gasteiger partial charge on any atom is 0.353 e. The molecule has 1 aromatic rings. The first-order valence-electron chi connectivity index (χ1n) is 6.21. The smallest absolute Gasteiger partial charge is 0.353 e. The van der Waals surface area contributed by atoms with E-state index in [0.717, 1.165) is 5.56 Å². The highest BCUT2D eigenvalue weighted by molar-refractivity contribution is 6.41. The van der Waals surface area contributed by atoms with E-state index < -0.39 is 5.97 Å². The summed E-state index contributed by atoms with van der Waals surface area (Å²) in [7, 11) is 0. The lowest BCUT2D eigenvalue weighted by Crippen LogP contribution is -2.48. The molecule has 20 heavy (non-hydrogen) atoms. The lowest BCUT2D eigenvalue weighted by atomic mass is 10.2. The third-order valence-electron chi connectivity index (χ3n) is 3.25. The summed E-state index contributed by atoms with van der Waals surface area (Å²) in [5.74, 6) is -0.326. The maximum absolute atomic E-state index is 11.8. The van der Waals surface area contributed by atoms with Gasteiger partial charge in [0.2, 0.25) is 5.91 Å². The van der Waals surface area contributed by atoms with Crippen molar-refractivity contribution in [3.63, 3.8) is 0 Å². The molecule has 2 aliphatic rings. The highest BCUT2D eigenvalue weighted by atomic mass is 35.5. The fraction of sp³-hybridized carbons (Fsp3) is 0.286. The van der Waals surface area contributed by atoms with Gasteiger partial charge in [-0.25, -0.2) is 4.79 Å². The first-order chi connectivity index (χ1) is 9.65. The van der Waals surface area contributed by atoms with Crippen LogP contribution in [0.2, 0.25) is 0 Å². The summed E-state index contributed by atoms with van der Waals surface area (Å²) in [6.45, 7) is 0.387. The topological polar surface area (TPSA) is 55.8 Å². The lowest BCUT2D eigenvalue weighted by molar-refractivity contribution is -0.154. The normalized spacial score (nSPS) is 22.8. The molecule has 1 unspecified atom stereocenters. The van der Waals surface area contributed by atoms with E-state index in [1.165, 1.54) is 4.90 Å². The van der Waals surface area contributed by atoms with Crippen LogP contribution in [0, 0.1) is 0 Å². The Bertz CT molecular complexity index is 584. The molecule has 1 atom stereocenters. The molecule has 0 spiro atoms. The number of carbonyl (C=O) groups is 2. The molecule has 0 bridgehead atoms. The molecule has 3 rings (SSSR count). The van der Waals surface area contributed by atoms with Crippen LogP contribution in [-0.4, -0.2) is 29.5 Å². The molecule has 1 amide bonds. The summed E-state index contributed by atoms with van der Waals surface area (Å²) in [6.07, 6.45) is 0.0698. The van der Waals surface area contributed by atoms with Gasteiger partial charge in [0.25, 0.3) is 0 Å². The molecule has 2 heterocycles. The Hall–Kier alpha value is -2.01. The highest BCUT2D eigenvalue weighted by Gasteiger charge is 2.45. The summed E-state index contributed by atoms with van der Waals surface area (Å²) in [5.41, 5.74) is 0.877. The molecule has 5 nitrogen and oxygen atoms in total. The summed E-state index contributed by atoms with van der Waals surface area (Å²) in [4.78, 5) is 24.6. The number of hydrogen-bond donors (Lipinski definition) is 0. The van der Waals surface area contributed by atoms with Gasteiger partial charge in [0.15, 0.2) is 11.3 Å². The minimum Gasteiger partial charge on any atom is -0.470 e. The Morgan fingerprint density at radius 3 is 2.80 bits per heavy atom. The molecular weight excluding hydrogens is 282 g/mol. The minimum atomic E-state index is -0.638. The number of β-lactam (4-membered cyclic amide) rings is 1. The zero-order chi connectivity index (χ0) is 14.1. The van der Waals surface area contributed by atoms with Crippen LogP contribution in [0.15, 0.2) is 41.1 Å². The fourth-order valence-electron chi connectivity index (χ4n) is 2.10. The third-order valence-corrected chi connectivity index (χ3v) is 3.61. The number of amides is 1. The Balaban J connectivity index is 1.61. The van der Waals surface area contributed by atoms with E-state index in [4.69, 9.17) is 21.1 Å². The number of benzene rings is 1. The fourth-order valence-corrected chi connectivity index (χ4v) is 2.26. The van der Waals surface area contributed by atoms with Crippen LogP contribution < -0.4 is 0 Å². The number of hydrogen-bond acceptors (Lipinski definition) is 4. The zero-order valence-electron chi connectivity index (χ0n) is 10.5. The molecule has 0 saturated carbocycles. The van der Waals surface area contributed by atoms with Gasteiger partial charge in [0, 0.05) is 0 Å². The molecular formula is C14H12ClNO4. The van der Waals surface area contributed by atoms with Crippen molar-refractivity contribution in [1.29, 1.82) is 0 Å². The molecule has 2 saturated heterocycles. The van der Waals surface area contributed by atoms with Crippen LogP contribution in [0.1, 0.15) is 12.0 Å². The summed E-state index contributed by atoms with van der Waals surface area (Å²) < 4.78 is 10.5. The molecule has 0 radical (unpaired) electrons. The molecule has 0 aliphatic carbocycles. The van der Waals surface area contributed by atoms with Crippen molar-refractivity contribution in [2.75, 3.05) is 6.54 Å². The van der Waals surface area contributed by atoms with Crippen molar-refractivity contribution >= 4 is 23.5 Å². The average molecular weight is 294 g/mol. The summed E-state index contributed by atoms with van der Waals surface area (Å²) in [5, 5.41) is -0.0943. The predicted molar refractivity (Wildman–Crippen MR) is 70.3 cm³/mol. The third kappa shape index (κ3) is 2.36. The van der Waals surface area contributed by atoms with Gasteiger partial charge in [-0.1, -0.05) is 41.9 Å². The number of esters is 1. The van der Waals surface area contributed by atoms with Crippen LogP contribution in [0.5, 0.6) is 0 Å². The van der Waals surface area contributed by atoms with E-state index in [1.54, 1.807) is 0 Å². The summed E-state index contributed by atoms with van der Waals surface area (Å²) in [6, 6.07) is 9.31. The van der Waals surface area contributed by atoms with E-state index in [1.807, 2.05) is 30.3 Å². The molecule has 0 N–H and O–H groups in total. The molecule has 1 aromatic carbocycles. The lowest BCUT2D eigenvalue weighted by Gasteiger charge is -2.30. The first-order valence-corrected chi connectivity index (χ1v) is 6.59. The van der Waals surface area contributed by atoms with Gasteiger partial charge in [-0.2, -0.15) is 0 Å². The van der Waals surface area contributed by atoms with Crippen molar-refractivity contribution in [1.82, 2.24) is 4.90 Å². The van der Waals surface area contributed by atoms with Crippen LogP contribution in [0.3, 0.4) is 0 Å².